The number of benzene rings is 1. The van der Waals surface area contributed by atoms with E-state index in [1.807, 2.05) is 24.3 Å². The van der Waals surface area contributed by atoms with Gasteiger partial charge in [-0.05, 0) is 6.07 Å². The minimum atomic E-state index is -0.157. The van der Waals surface area contributed by atoms with Gasteiger partial charge in [-0.25, -0.2) is 0 Å². The van der Waals surface area contributed by atoms with E-state index in [0.717, 1.165) is 11.1 Å². The van der Waals surface area contributed by atoms with Crippen molar-refractivity contribution in [3.8, 4) is 0 Å². The van der Waals surface area contributed by atoms with Crippen LogP contribution < -0.4 is 0 Å². The molecule has 0 fully saturated rings. The summed E-state index contributed by atoms with van der Waals surface area (Å²) < 4.78 is 4.26. The fraction of sp³-hybridized carbons (Fsp3) is 0.273. The van der Waals surface area contributed by atoms with Crippen LogP contribution in [0, 0.1) is 0 Å². The van der Waals surface area contributed by atoms with Gasteiger partial charge >= 0.3 is 5.97 Å². The first kappa shape index (κ1) is 10.4. The van der Waals surface area contributed by atoms with Crippen molar-refractivity contribution < 1.29 is 14.3 Å². The molecule has 0 unspecified atom stereocenters. The van der Waals surface area contributed by atoms with Crippen LogP contribution in [0.5, 0.6) is 0 Å². The first-order valence-electron chi connectivity index (χ1n) is 4.40. The number of hydrogen-bond acceptors (Lipinski definition) is 3. The molecule has 0 radical (unpaired) electrons. The molecular weight excluding hydrogens is 180 g/mol. The van der Waals surface area contributed by atoms with Gasteiger partial charge in [-0.3, -0.25) is 9.59 Å². The summed E-state index contributed by atoms with van der Waals surface area (Å²) in [6, 6.07) is 7.44. The largest absolute Gasteiger partial charge is 0.469 e. The quantitative estimate of drug-likeness (QED) is 0.647. The van der Waals surface area contributed by atoms with E-state index in [1.165, 1.54) is 7.11 Å². The Morgan fingerprint density at radius 2 is 1.93 bits per heavy atom. The zero-order valence-electron chi connectivity index (χ0n) is 8.24. The molecule has 74 valence electrons. The van der Waals surface area contributed by atoms with Crippen LogP contribution >= 0.6 is 0 Å². The monoisotopic (exact) mass is 192 g/mol. The van der Waals surface area contributed by atoms with Gasteiger partial charge in [0.05, 0.1) is 7.11 Å². The number of ether oxygens (including phenoxy) is 1. The van der Waals surface area contributed by atoms with Gasteiger partial charge in [0, 0.05) is 17.5 Å². The highest BCUT2D eigenvalue weighted by Gasteiger charge is 2.17. The molecule has 0 saturated carbocycles. The molecule has 0 aliphatic heterocycles. The molecule has 0 saturated heterocycles. The van der Waals surface area contributed by atoms with Crippen molar-refractivity contribution in [1.82, 2.24) is 0 Å². The summed E-state index contributed by atoms with van der Waals surface area (Å²) in [6.07, 6.45) is 0.469. The van der Waals surface area contributed by atoms with E-state index >= 15 is 0 Å². The maximum Gasteiger partial charge on any atom is 0.305 e. The highest BCUT2D eigenvalue weighted by molar-refractivity contribution is 6.16. The molecule has 0 spiro atoms. The lowest BCUT2D eigenvalue weighted by Crippen LogP contribution is -2.10. The average Bonchev–Trinajstić information content (AvgIpc) is 2.29. The maximum absolute atomic E-state index is 10.7. The molecule has 0 N–H and O–H groups in total. The summed E-state index contributed by atoms with van der Waals surface area (Å²) in [6.45, 7) is 1.76. The van der Waals surface area contributed by atoms with Gasteiger partial charge in [-0.15, -0.1) is 0 Å². The van der Waals surface area contributed by atoms with Crippen LogP contribution in [-0.4, -0.2) is 18.9 Å². The van der Waals surface area contributed by atoms with E-state index < -0.39 is 0 Å². The normalized spacial score (nSPS) is 10.9. The number of fused-ring (bicyclic) bond motifs is 2. The Kier molecular flexibility index (Phi) is 3.40. The first-order valence-corrected chi connectivity index (χ1v) is 4.40. The van der Waals surface area contributed by atoms with Crippen molar-refractivity contribution in [2.75, 3.05) is 7.11 Å². The molecule has 2 aliphatic rings. The van der Waals surface area contributed by atoms with Gasteiger partial charge in [0.2, 0.25) is 0 Å². The molecule has 0 aromatic heterocycles. The lowest BCUT2D eigenvalue weighted by Gasteiger charge is -2.10. The van der Waals surface area contributed by atoms with Crippen molar-refractivity contribution in [2.24, 2.45) is 0 Å². The second kappa shape index (κ2) is 4.56. The zero-order valence-corrected chi connectivity index (χ0v) is 8.24. The Morgan fingerprint density at radius 1 is 1.36 bits per heavy atom. The molecule has 3 nitrogen and oxygen atoms in total. The van der Waals surface area contributed by atoms with Gasteiger partial charge < -0.3 is 4.74 Å². The van der Waals surface area contributed by atoms with E-state index in [2.05, 4.69) is 4.74 Å². The van der Waals surface area contributed by atoms with Gasteiger partial charge in [0.1, 0.15) is 0 Å². The molecule has 1 aromatic carbocycles. The summed E-state index contributed by atoms with van der Waals surface area (Å²) >= 11 is 0. The zero-order chi connectivity index (χ0) is 10.6. The van der Waals surface area contributed by atoms with Crippen LogP contribution in [-0.2, 0) is 9.53 Å². The third-order valence-corrected chi connectivity index (χ3v) is 1.90. The number of carbonyl (C=O) groups excluding carboxylic acids is 2. The van der Waals surface area contributed by atoms with E-state index in [0.29, 0.717) is 6.42 Å². The van der Waals surface area contributed by atoms with Crippen molar-refractivity contribution >= 4 is 11.8 Å². The van der Waals surface area contributed by atoms with Crippen LogP contribution in [0.15, 0.2) is 24.3 Å². The van der Waals surface area contributed by atoms with Crippen LogP contribution in [0.25, 0.3) is 0 Å². The number of hydrogen-bond donors (Lipinski definition) is 0. The molecule has 0 heterocycles. The van der Waals surface area contributed by atoms with Gasteiger partial charge in [-0.1, -0.05) is 25.1 Å². The van der Waals surface area contributed by atoms with Crippen molar-refractivity contribution in [3.63, 3.8) is 0 Å². The number of methoxy groups -OCH3 is 1. The Bertz CT molecular complexity index is 321. The Morgan fingerprint density at radius 3 is 2.07 bits per heavy atom. The lowest BCUT2D eigenvalue weighted by atomic mass is 9.92. The Hall–Kier alpha value is -1.64. The minimum absolute atomic E-state index is 0.157. The SMILES string of the molecule is CCC(=O)OC.O=C1c2cccc1c2. The summed E-state index contributed by atoms with van der Waals surface area (Å²) in [7, 11) is 1.38. The van der Waals surface area contributed by atoms with E-state index in [9.17, 15) is 9.59 Å². The summed E-state index contributed by atoms with van der Waals surface area (Å²) in [5.41, 5.74) is 1.70. The van der Waals surface area contributed by atoms with E-state index in [-0.39, 0.29) is 11.8 Å². The highest BCUT2D eigenvalue weighted by Crippen LogP contribution is 2.19. The van der Waals surface area contributed by atoms with Crippen LogP contribution in [0.2, 0.25) is 0 Å². The molecule has 0 amide bonds. The number of rotatable bonds is 1. The van der Waals surface area contributed by atoms with Crippen molar-refractivity contribution in [1.29, 1.82) is 0 Å². The van der Waals surface area contributed by atoms with E-state index in [4.69, 9.17) is 0 Å². The summed E-state index contributed by atoms with van der Waals surface area (Å²) in [5.74, 6) is 0.0440. The van der Waals surface area contributed by atoms with Crippen molar-refractivity contribution in [2.45, 2.75) is 13.3 Å². The van der Waals surface area contributed by atoms with Gasteiger partial charge in [-0.2, -0.15) is 0 Å². The minimum Gasteiger partial charge on any atom is -0.469 e. The number of esters is 1. The van der Waals surface area contributed by atoms with Gasteiger partial charge in [0.25, 0.3) is 0 Å². The Labute approximate surface area is 82.7 Å². The summed E-state index contributed by atoms with van der Waals surface area (Å²) in [4.78, 5) is 20.6. The summed E-state index contributed by atoms with van der Waals surface area (Å²) in [5, 5.41) is 0. The fourth-order valence-corrected chi connectivity index (χ4v) is 1.03. The average molecular weight is 192 g/mol. The molecule has 14 heavy (non-hydrogen) atoms. The van der Waals surface area contributed by atoms with Crippen molar-refractivity contribution in [3.05, 3.63) is 35.4 Å². The molecule has 3 heteroatoms. The predicted molar refractivity (Wildman–Crippen MR) is 52.2 cm³/mol. The van der Waals surface area contributed by atoms with Crippen LogP contribution in [0.3, 0.4) is 0 Å². The third-order valence-electron chi connectivity index (χ3n) is 1.90. The third kappa shape index (κ3) is 2.19. The topological polar surface area (TPSA) is 43.4 Å². The maximum atomic E-state index is 10.7. The number of carbonyl (C=O) groups is 2. The standard InChI is InChI=1S/C7H4O.C4H8O2/c8-7-5-2-1-3-6(7)4-5;1-3-4(5)6-2/h1-4H;3H2,1-2H3. The lowest BCUT2D eigenvalue weighted by molar-refractivity contribution is -0.140. The molecular formula is C11H12O3. The smallest absolute Gasteiger partial charge is 0.305 e. The number of ketones is 1. The highest BCUT2D eigenvalue weighted by atomic mass is 16.5. The molecule has 2 aliphatic carbocycles. The molecule has 3 rings (SSSR count). The Balaban J connectivity index is 0.000000149. The molecule has 0 atom stereocenters. The first-order chi connectivity index (χ1) is 6.69. The predicted octanol–water partition coefficient (Wildman–Crippen LogP) is 1.80. The van der Waals surface area contributed by atoms with E-state index in [1.54, 1.807) is 6.92 Å². The second-order valence-electron chi connectivity index (χ2n) is 2.84. The van der Waals surface area contributed by atoms with Crippen LogP contribution in [0.1, 0.15) is 29.3 Å². The molecule has 1 aromatic rings. The fourth-order valence-electron chi connectivity index (χ4n) is 1.03. The van der Waals surface area contributed by atoms with Gasteiger partial charge in [0.15, 0.2) is 5.78 Å². The molecule has 2 bridgehead atoms. The van der Waals surface area contributed by atoms with Crippen LogP contribution in [0.4, 0.5) is 0 Å². The second-order valence-corrected chi connectivity index (χ2v) is 2.84.